The number of hydrogen-bond acceptors (Lipinski definition) is 4. The highest BCUT2D eigenvalue weighted by atomic mass is 15.3. The molecule has 0 amide bonds. The molecule has 0 saturated carbocycles. The van der Waals surface area contributed by atoms with Crippen LogP contribution in [0.1, 0.15) is 33.0 Å². The van der Waals surface area contributed by atoms with Crippen molar-refractivity contribution in [3.05, 3.63) is 30.2 Å². The van der Waals surface area contributed by atoms with Gasteiger partial charge >= 0.3 is 0 Å². The number of aromatic nitrogens is 3. The first-order valence-corrected chi connectivity index (χ1v) is 10.2. The number of hydrogen-bond donors (Lipinski definition) is 1. The average molecular weight is 372 g/mol. The Labute approximate surface area is 162 Å². The van der Waals surface area contributed by atoms with Gasteiger partial charge in [-0.25, -0.2) is 0 Å². The maximum atomic E-state index is 4.86. The van der Waals surface area contributed by atoms with Crippen LogP contribution in [0.15, 0.2) is 29.4 Å². The van der Waals surface area contributed by atoms with Crippen LogP contribution in [0, 0.1) is 5.92 Å². The van der Waals surface area contributed by atoms with E-state index in [1.54, 1.807) is 0 Å². The lowest BCUT2D eigenvalue weighted by Crippen LogP contribution is -2.53. The van der Waals surface area contributed by atoms with Crippen molar-refractivity contribution in [1.82, 2.24) is 29.7 Å². The van der Waals surface area contributed by atoms with Crippen LogP contribution in [0.4, 0.5) is 0 Å². The van der Waals surface area contributed by atoms with Crippen molar-refractivity contribution in [3.63, 3.8) is 0 Å². The van der Waals surface area contributed by atoms with Crippen molar-refractivity contribution in [1.29, 1.82) is 0 Å². The monoisotopic (exact) mass is 371 g/mol. The van der Waals surface area contributed by atoms with E-state index in [2.05, 4.69) is 50.5 Å². The standard InChI is InChI=1S/C20H33N7/c1-4-21-20(26-14-12-25(13-15-26)16-17(2)3)22-10-7-9-19-24-23-18-8-5-6-11-27(18)19/h5-6,8,11,17H,4,7,9-10,12-16H2,1-3H3,(H,21,22). The number of guanidine groups is 1. The fourth-order valence-electron chi connectivity index (χ4n) is 3.57. The maximum absolute atomic E-state index is 4.86. The van der Waals surface area contributed by atoms with E-state index in [1.807, 2.05) is 24.4 Å². The Bertz CT molecular complexity index is 729. The molecule has 1 saturated heterocycles. The first kappa shape index (κ1) is 19.6. The molecule has 0 bridgehead atoms. The molecule has 0 aliphatic carbocycles. The number of piperazine rings is 1. The molecular weight excluding hydrogens is 338 g/mol. The lowest BCUT2D eigenvalue weighted by Gasteiger charge is -2.37. The fraction of sp³-hybridized carbons (Fsp3) is 0.650. The van der Waals surface area contributed by atoms with Crippen LogP contribution in [0.25, 0.3) is 5.65 Å². The summed E-state index contributed by atoms with van der Waals surface area (Å²) in [6.07, 6.45) is 3.88. The van der Waals surface area contributed by atoms with Crippen molar-refractivity contribution in [2.75, 3.05) is 45.8 Å². The second-order valence-electron chi connectivity index (χ2n) is 7.57. The summed E-state index contributed by atoms with van der Waals surface area (Å²) in [6, 6.07) is 5.98. The van der Waals surface area contributed by atoms with E-state index in [1.165, 1.54) is 6.54 Å². The van der Waals surface area contributed by atoms with E-state index in [0.717, 1.165) is 75.5 Å². The van der Waals surface area contributed by atoms with Gasteiger partial charge in [-0.15, -0.1) is 10.2 Å². The molecule has 1 fully saturated rings. The first-order valence-electron chi connectivity index (χ1n) is 10.2. The Kier molecular flexibility index (Phi) is 7.04. The summed E-state index contributed by atoms with van der Waals surface area (Å²) >= 11 is 0. The second kappa shape index (κ2) is 9.69. The summed E-state index contributed by atoms with van der Waals surface area (Å²) in [7, 11) is 0. The molecule has 27 heavy (non-hydrogen) atoms. The summed E-state index contributed by atoms with van der Waals surface area (Å²) in [6.45, 7) is 13.9. The van der Waals surface area contributed by atoms with Crippen LogP contribution in [-0.2, 0) is 6.42 Å². The smallest absolute Gasteiger partial charge is 0.194 e. The first-order chi connectivity index (χ1) is 13.2. The second-order valence-corrected chi connectivity index (χ2v) is 7.57. The van der Waals surface area contributed by atoms with E-state index in [-0.39, 0.29) is 0 Å². The van der Waals surface area contributed by atoms with Gasteiger partial charge in [0.2, 0.25) is 0 Å². The van der Waals surface area contributed by atoms with E-state index in [9.17, 15) is 0 Å². The van der Waals surface area contributed by atoms with Crippen LogP contribution < -0.4 is 5.32 Å². The molecule has 0 spiro atoms. The van der Waals surface area contributed by atoms with Gasteiger partial charge in [0.15, 0.2) is 11.6 Å². The number of pyridine rings is 1. The summed E-state index contributed by atoms with van der Waals surface area (Å²) < 4.78 is 2.06. The molecule has 1 aliphatic heterocycles. The van der Waals surface area contributed by atoms with Crippen molar-refractivity contribution >= 4 is 11.6 Å². The lowest BCUT2D eigenvalue weighted by atomic mass is 10.2. The van der Waals surface area contributed by atoms with Crippen molar-refractivity contribution in [3.8, 4) is 0 Å². The predicted molar refractivity (Wildman–Crippen MR) is 110 cm³/mol. The topological polar surface area (TPSA) is 61.1 Å². The number of aliphatic imine (C=N–C) groups is 1. The maximum Gasteiger partial charge on any atom is 0.194 e. The van der Waals surface area contributed by atoms with Gasteiger partial charge in [-0.05, 0) is 31.4 Å². The summed E-state index contributed by atoms with van der Waals surface area (Å²) in [4.78, 5) is 9.81. The molecule has 0 radical (unpaired) electrons. The highest BCUT2D eigenvalue weighted by Crippen LogP contribution is 2.07. The minimum atomic E-state index is 0.728. The molecule has 7 heteroatoms. The van der Waals surface area contributed by atoms with Crippen LogP contribution >= 0.6 is 0 Å². The van der Waals surface area contributed by atoms with Gasteiger partial charge in [0, 0.05) is 58.4 Å². The fourth-order valence-corrected chi connectivity index (χ4v) is 3.57. The molecule has 2 aromatic heterocycles. The molecule has 148 valence electrons. The number of nitrogens with zero attached hydrogens (tertiary/aromatic N) is 6. The van der Waals surface area contributed by atoms with E-state index in [0.29, 0.717) is 0 Å². The quantitative estimate of drug-likeness (QED) is 0.458. The Balaban J connectivity index is 1.50. The minimum absolute atomic E-state index is 0.728. The molecule has 7 nitrogen and oxygen atoms in total. The Morgan fingerprint density at radius 3 is 2.74 bits per heavy atom. The van der Waals surface area contributed by atoms with Gasteiger partial charge in [-0.1, -0.05) is 19.9 Å². The largest absolute Gasteiger partial charge is 0.357 e. The van der Waals surface area contributed by atoms with Gasteiger partial charge in [0.25, 0.3) is 0 Å². The average Bonchev–Trinajstić information content (AvgIpc) is 3.08. The van der Waals surface area contributed by atoms with Crippen molar-refractivity contribution < 1.29 is 0 Å². The number of aryl methyl sites for hydroxylation is 1. The van der Waals surface area contributed by atoms with Crippen LogP contribution in [0.2, 0.25) is 0 Å². The van der Waals surface area contributed by atoms with E-state index >= 15 is 0 Å². The number of nitrogens with one attached hydrogen (secondary N) is 1. The third-order valence-corrected chi connectivity index (χ3v) is 4.83. The number of rotatable bonds is 7. The third kappa shape index (κ3) is 5.42. The molecule has 3 rings (SSSR count). The third-order valence-electron chi connectivity index (χ3n) is 4.83. The normalized spacial score (nSPS) is 16.4. The Morgan fingerprint density at radius 2 is 2.00 bits per heavy atom. The molecule has 0 atom stereocenters. The van der Waals surface area contributed by atoms with Crippen molar-refractivity contribution in [2.45, 2.75) is 33.6 Å². The molecule has 3 heterocycles. The molecular formula is C20H33N7. The van der Waals surface area contributed by atoms with Gasteiger partial charge < -0.3 is 10.2 Å². The minimum Gasteiger partial charge on any atom is -0.357 e. The van der Waals surface area contributed by atoms with Crippen LogP contribution in [0.5, 0.6) is 0 Å². The molecule has 1 N–H and O–H groups in total. The van der Waals surface area contributed by atoms with E-state index < -0.39 is 0 Å². The Hall–Kier alpha value is -2.15. The molecule has 1 aliphatic rings. The SMILES string of the molecule is CCNC(=NCCCc1nnc2ccccn12)N1CCN(CC(C)C)CC1. The van der Waals surface area contributed by atoms with Gasteiger partial charge in [-0.3, -0.25) is 14.3 Å². The van der Waals surface area contributed by atoms with Gasteiger partial charge in [0.1, 0.15) is 5.82 Å². The highest BCUT2D eigenvalue weighted by molar-refractivity contribution is 5.80. The van der Waals surface area contributed by atoms with Gasteiger partial charge in [-0.2, -0.15) is 0 Å². The lowest BCUT2D eigenvalue weighted by molar-refractivity contribution is 0.164. The van der Waals surface area contributed by atoms with Crippen molar-refractivity contribution in [2.24, 2.45) is 10.9 Å². The van der Waals surface area contributed by atoms with Crippen LogP contribution in [0.3, 0.4) is 0 Å². The zero-order chi connectivity index (χ0) is 19.1. The van der Waals surface area contributed by atoms with Gasteiger partial charge in [0.05, 0.1) is 0 Å². The molecule has 0 unspecified atom stereocenters. The molecule has 2 aromatic rings. The predicted octanol–water partition coefficient (Wildman–Crippen LogP) is 1.90. The summed E-state index contributed by atoms with van der Waals surface area (Å²) in [5.41, 5.74) is 0.906. The summed E-state index contributed by atoms with van der Waals surface area (Å²) in [5, 5.41) is 12.0. The van der Waals surface area contributed by atoms with E-state index in [4.69, 9.17) is 4.99 Å². The zero-order valence-electron chi connectivity index (χ0n) is 16.9. The molecule has 0 aromatic carbocycles. The summed E-state index contributed by atoms with van der Waals surface area (Å²) in [5.74, 6) is 2.78. The number of fused-ring (bicyclic) bond motifs is 1. The Morgan fingerprint density at radius 1 is 1.19 bits per heavy atom. The highest BCUT2D eigenvalue weighted by Gasteiger charge is 2.19. The zero-order valence-corrected chi connectivity index (χ0v) is 16.9. The van der Waals surface area contributed by atoms with Crippen LogP contribution in [-0.4, -0.2) is 76.2 Å².